The molecule has 1 aliphatic rings. The number of aromatic nitrogens is 1. The van der Waals surface area contributed by atoms with Gasteiger partial charge in [0.15, 0.2) is 5.89 Å². The van der Waals surface area contributed by atoms with Crippen molar-refractivity contribution in [1.29, 1.82) is 0 Å². The molecule has 1 N–H and O–H groups in total. The van der Waals surface area contributed by atoms with Crippen LogP contribution in [0.3, 0.4) is 0 Å². The Morgan fingerprint density at radius 3 is 2.68 bits per heavy atom. The van der Waals surface area contributed by atoms with Crippen molar-refractivity contribution in [1.82, 2.24) is 15.2 Å². The van der Waals surface area contributed by atoms with Crippen LogP contribution in [0.1, 0.15) is 45.4 Å². The first-order valence-electron chi connectivity index (χ1n) is 6.87. The fourth-order valence-electron chi connectivity index (χ4n) is 2.44. The molecular formula is C14H23N3O2. The molecule has 0 saturated carbocycles. The van der Waals surface area contributed by atoms with E-state index in [2.05, 4.69) is 15.2 Å². The van der Waals surface area contributed by atoms with Crippen LogP contribution in [0.25, 0.3) is 0 Å². The number of nitrogens with zero attached hydrogens (tertiary/aromatic N) is 2. The van der Waals surface area contributed by atoms with Crippen molar-refractivity contribution in [3.63, 3.8) is 0 Å². The summed E-state index contributed by atoms with van der Waals surface area (Å²) in [6.07, 6.45) is 5.32. The summed E-state index contributed by atoms with van der Waals surface area (Å²) < 4.78 is 5.35. The molecule has 106 valence electrons. The van der Waals surface area contributed by atoms with Crippen molar-refractivity contribution >= 4 is 5.91 Å². The van der Waals surface area contributed by atoms with Gasteiger partial charge in [-0.25, -0.2) is 4.98 Å². The molecule has 0 spiro atoms. The third kappa shape index (κ3) is 4.35. The zero-order chi connectivity index (χ0) is 13.9. The Morgan fingerprint density at radius 1 is 1.47 bits per heavy atom. The van der Waals surface area contributed by atoms with E-state index in [4.69, 9.17) is 4.42 Å². The average Bonchev–Trinajstić information content (AvgIpc) is 2.80. The minimum absolute atomic E-state index is 0.0991. The van der Waals surface area contributed by atoms with Gasteiger partial charge in [0.05, 0.1) is 12.7 Å². The maximum absolute atomic E-state index is 11.9. The maximum atomic E-state index is 11.9. The molecule has 2 heterocycles. The lowest BCUT2D eigenvalue weighted by atomic mass is 9.97. The smallest absolute Gasteiger partial charge is 0.234 e. The van der Waals surface area contributed by atoms with Crippen LogP contribution in [0.5, 0.6) is 0 Å². The number of likely N-dealkylation sites (tertiary alicyclic amines) is 1. The van der Waals surface area contributed by atoms with Crippen LogP contribution in [-0.4, -0.2) is 41.0 Å². The maximum Gasteiger partial charge on any atom is 0.234 e. The molecule has 1 aromatic rings. The van der Waals surface area contributed by atoms with Crippen molar-refractivity contribution < 1.29 is 9.21 Å². The zero-order valence-corrected chi connectivity index (χ0v) is 12.0. The second-order valence-electron chi connectivity index (χ2n) is 6.22. The van der Waals surface area contributed by atoms with E-state index in [1.54, 1.807) is 12.5 Å². The lowest BCUT2D eigenvalue weighted by Gasteiger charge is -2.31. The summed E-state index contributed by atoms with van der Waals surface area (Å²) in [7, 11) is 0. The summed E-state index contributed by atoms with van der Waals surface area (Å²) in [5.74, 6) is 1.33. The molecular weight excluding hydrogens is 242 g/mol. The fourth-order valence-corrected chi connectivity index (χ4v) is 2.44. The van der Waals surface area contributed by atoms with Gasteiger partial charge in [0.2, 0.25) is 5.91 Å². The summed E-state index contributed by atoms with van der Waals surface area (Å²) in [4.78, 5) is 18.3. The summed E-state index contributed by atoms with van der Waals surface area (Å²) >= 11 is 0. The van der Waals surface area contributed by atoms with Gasteiger partial charge in [-0.05, 0) is 46.7 Å². The fraction of sp³-hybridized carbons (Fsp3) is 0.714. The number of carbonyl (C=O) groups is 1. The lowest BCUT2D eigenvalue weighted by molar-refractivity contribution is -0.123. The van der Waals surface area contributed by atoms with E-state index in [1.165, 1.54) is 0 Å². The van der Waals surface area contributed by atoms with Crippen LogP contribution in [0.2, 0.25) is 0 Å². The molecule has 1 aliphatic heterocycles. The molecule has 1 fully saturated rings. The van der Waals surface area contributed by atoms with E-state index in [9.17, 15) is 4.79 Å². The first-order chi connectivity index (χ1) is 8.94. The molecule has 2 rings (SSSR count). The van der Waals surface area contributed by atoms with Gasteiger partial charge in [0, 0.05) is 11.5 Å². The van der Waals surface area contributed by atoms with Gasteiger partial charge < -0.3 is 9.73 Å². The van der Waals surface area contributed by atoms with Gasteiger partial charge in [-0.2, -0.15) is 0 Å². The quantitative estimate of drug-likeness (QED) is 0.905. The average molecular weight is 265 g/mol. The molecule has 5 nitrogen and oxygen atoms in total. The number of amides is 1. The van der Waals surface area contributed by atoms with E-state index in [0.717, 1.165) is 31.8 Å². The molecule has 5 heteroatoms. The first kappa shape index (κ1) is 14.1. The molecule has 19 heavy (non-hydrogen) atoms. The Bertz CT molecular complexity index is 401. The third-order valence-corrected chi connectivity index (χ3v) is 3.27. The Morgan fingerprint density at radius 2 is 2.16 bits per heavy atom. The van der Waals surface area contributed by atoms with E-state index in [-0.39, 0.29) is 11.4 Å². The van der Waals surface area contributed by atoms with Crippen LogP contribution in [0.4, 0.5) is 0 Å². The Kier molecular flexibility index (Phi) is 4.24. The highest BCUT2D eigenvalue weighted by molar-refractivity contribution is 5.78. The van der Waals surface area contributed by atoms with Gasteiger partial charge in [0.25, 0.3) is 0 Å². The number of rotatable bonds is 3. The minimum atomic E-state index is -0.159. The normalized spacial score (nSPS) is 18.5. The van der Waals surface area contributed by atoms with E-state index < -0.39 is 0 Å². The number of carbonyl (C=O) groups excluding carboxylic acids is 1. The lowest BCUT2D eigenvalue weighted by Crippen LogP contribution is -2.47. The predicted molar refractivity (Wildman–Crippen MR) is 72.8 cm³/mol. The topological polar surface area (TPSA) is 58.4 Å². The van der Waals surface area contributed by atoms with Gasteiger partial charge in [-0.15, -0.1) is 0 Å². The summed E-state index contributed by atoms with van der Waals surface area (Å²) in [6, 6.07) is 0. The van der Waals surface area contributed by atoms with E-state index in [0.29, 0.717) is 12.5 Å². The third-order valence-electron chi connectivity index (χ3n) is 3.27. The summed E-state index contributed by atoms with van der Waals surface area (Å²) in [6.45, 7) is 8.32. The molecule has 1 saturated heterocycles. The number of oxazole rings is 1. The number of nitrogens with one attached hydrogen (secondary N) is 1. The van der Waals surface area contributed by atoms with Crippen LogP contribution in [-0.2, 0) is 4.79 Å². The molecule has 0 unspecified atom stereocenters. The van der Waals surface area contributed by atoms with Crippen LogP contribution >= 0.6 is 0 Å². The predicted octanol–water partition coefficient (Wildman–Crippen LogP) is 1.77. The second kappa shape index (κ2) is 5.74. The number of piperidine rings is 1. The highest BCUT2D eigenvalue weighted by Gasteiger charge is 2.25. The monoisotopic (exact) mass is 265 g/mol. The van der Waals surface area contributed by atoms with Crippen LogP contribution in [0, 0.1) is 0 Å². The summed E-state index contributed by atoms with van der Waals surface area (Å²) in [5, 5.41) is 2.99. The molecule has 0 aromatic carbocycles. The molecule has 0 radical (unpaired) electrons. The van der Waals surface area contributed by atoms with Crippen molar-refractivity contribution in [3.05, 3.63) is 18.4 Å². The van der Waals surface area contributed by atoms with Crippen molar-refractivity contribution in [3.8, 4) is 0 Å². The Balaban J connectivity index is 1.76. The van der Waals surface area contributed by atoms with E-state index >= 15 is 0 Å². The van der Waals surface area contributed by atoms with Crippen LogP contribution in [0.15, 0.2) is 16.9 Å². The highest BCUT2D eigenvalue weighted by Crippen LogP contribution is 2.26. The van der Waals surface area contributed by atoms with Gasteiger partial charge in [-0.1, -0.05) is 0 Å². The molecule has 0 atom stereocenters. The van der Waals surface area contributed by atoms with Gasteiger partial charge in [-0.3, -0.25) is 9.69 Å². The first-order valence-corrected chi connectivity index (χ1v) is 6.87. The van der Waals surface area contributed by atoms with Crippen molar-refractivity contribution in [2.24, 2.45) is 0 Å². The molecule has 0 bridgehead atoms. The van der Waals surface area contributed by atoms with Gasteiger partial charge >= 0.3 is 0 Å². The Labute approximate surface area is 114 Å². The zero-order valence-electron chi connectivity index (χ0n) is 12.0. The highest BCUT2D eigenvalue weighted by atomic mass is 16.3. The molecule has 1 aromatic heterocycles. The number of hydrogen-bond donors (Lipinski definition) is 1. The molecule has 0 aliphatic carbocycles. The summed E-state index contributed by atoms with van der Waals surface area (Å²) in [5.41, 5.74) is -0.159. The van der Waals surface area contributed by atoms with Crippen LogP contribution < -0.4 is 5.32 Å². The second-order valence-corrected chi connectivity index (χ2v) is 6.22. The van der Waals surface area contributed by atoms with Crippen molar-refractivity contribution in [2.75, 3.05) is 19.6 Å². The molecule has 1 amide bonds. The Hall–Kier alpha value is -1.36. The standard InChI is InChI=1S/C14H23N3O2/c1-14(2,3)16-12(18)10-17-7-4-11(5-8-17)13-15-6-9-19-13/h6,9,11H,4-5,7-8,10H2,1-3H3,(H,16,18). The van der Waals surface area contributed by atoms with Crippen molar-refractivity contribution in [2.45, 2.75) is 45.1 Å². The minimum Gasteiger partial charge on any atom is -0.449 e. The van der Waals surface area contributed by atoms with E-state index in [1.807, 2.05) is 20.8 Å². The number of hydrogen-bond acceptors (Lipinski definition) is 4. The van der Waals surface area contributed by atoms with Gasteiger partial charge in [0.1, 0.15) is 6.26 Å². The largest absolute Gasteiger partial charge is 0.449 e. The SMILES string of the molecule is CC(C)(C)NC(=O)CN1CCC(c2ncco2)CC1.